The van der Waals surface area contributed by atoms with Gasteiger partial charge in [-0.1, -0.05) is 47.6 Å². The number of hydrogen-bond donors (Lipinski definition) is 0. The lowest BCUT2D eigenvalue weighted by Gasteiger charge is -2.22. The van der Waals surface area contributed by atoms with Crippen LogP contribution in [0.25, 0.3) is 12.2 Å². The molecule has 2 aliphatic carbocycles. The van der Waals surface area contributed by atoms with Crippen molar-refractivity contribution in [1.82, 2.24) is 0 Å². The normalized spacial score (nSPS) is 21.7. The van der Waals surface area contributed by atoms with E-state index in [4.69, 9.17) is 0 Å². The molecule has 0 nitrogen and oxygen atoms in total. The van der Waals surface area contributed by atoms with Crippen LogP contribution in [0.5, 0.6) is 0 Å². The standard InChI is InChI=1S/C21H18I2/c1-12-9-18-14(5-3-7-20(18)22)16(12)11-17-13(2)10-19-15(17)6-4-8-21(19)23/h3-10,16-17H,11H2,1-2H3. The molecule has 0 fully saturated rings. The van der Waals surface area contributed by atoms with Crippen molar-refractivity contribution in [3.8, 4) is 0 Å². The molecule has 23 heavy (non-hydrogen) atoms. The Morgan fingerprint density at radius 3 is 1.61 bits per heavy atom. The van der Waals surface area contributed by atoms with Crippen LogP contribution in [0.4, 0.5) is 0 Å². The fourth-order valence-corrected chi connectivity index (χ4v) is 5.38. The second-order valence-electron chi connectivity index (χ2n) is 6.60. The monoisotopic (exact) mass is 524 g/mol. The van der Waals surface area contributed by atoms with Crippen molar-refractivity contribution in [3.05, 3.63) is 76.9 Å². The van der Waals surface area contributed by atoms with Gasteiger partial charge in [0.1, 0.15) is 0 Å². The van der Waals surface area contributed by atoms with E-state index >= 15 is 0 Å². The maximum absolute atomic E-state index is 2.46. The van der Waals surface area contributed by atoms with Crippen molar-refractivity contribution in [3.63, 3.8) is 0 Å². The molecule has 0 spiro atoms. The van der Waals surface area contributed by atoms with E-state index in [-0.39, 0.29) is 0 Å². The third-order valence-electron chi connectivity index (χ3n) is 5.24. The Hall–Kier alpha value is -0.620. The van der Waals surface area contributed by atoms with Crippen LogP contribution in [0.3, 0.4) is 0 Å². The molecule has 2 atom stereocenters. The van der Waals surface area contributed by atoms with Crippen LogP contribution in [-0.4, -0.2) is 0 Å². The van der Waals surface area contributed by atoms with E-state index in [2.05, 4.69) is 108 Å². The van der Waals surface area contributed by atoms with Crippen molar-refractivity contribution in [2.45, 2.75) is 32.1 Å². The molecule has 2 unspecified atom stereocenters. The molecule has 0 aliphatic heterocycles. The molecule has 2 aromatic carbocycles. The van der Waals surface area contributed by atoms with Gasteiger partial charge in [0.2, 0.25) is 0 Å². The summed E-state index contributed by atoms with van der Waals surface area (Å²) in [6, 6.07) is 13.5. The topological polar surface area (TPSA) is 0 Å². The first-order valence-corrected chi connectivity index (χ1v) is 10.1. The van der Waals surface area contributed by atoms with Crippen molar-refractivity contribution >= 4 is 57.3 Å². The summed E-state index contributed by atoms with van der Waals surface area (Å²) >= 11 is 4.92. The minimum Gasteiger partial charge on any atom is -0.0651 e. The Labute approximate surface area is 165 Å². The Bertz CT molecular complexity index is 787. The van der Waals surface area contributed by atoms with Crippen molar-refractivity contribution in [2.24, 2.45) is 0 Å². The Morgan fingerprint density at radius 1 is 0.739 bits per heavy atom. The zero-order valence-corrected chi connectivity index (χ0v) is 17.6. The van der Waals surface area contributed by atoms with Crippen LogP contribution in [0.15, 0.2) is 47.5 Å². The number of rotatable bonds is 2. The highest BCUT2D eigenvalue weighted by Crippen LogP contribution is 2.48. The number of fused-ring (bicyclic) bond motifs is 2. The van der Waals surface area contributed by atoms with Gasteiger partial charge in [0, 0.05) is 19.0 Å². The molecule has 0 radical (unpaired) electrons. The minimum absolute atomic E-state index is 0.553. The molecule has 2 heteroatoms. The van der Waals surface area contributed by atoms with Crippen LogP contribution in [-0.2, 0) is 0 Å². The van der Waals surface area contributed by atoms with Gasteiger partial charge >= 0.3 is 0 Å². The van der Waals surface area contributed by atoms with E-state index in [1.54, 1.807) is 0 Å². The van der Waals surface area contributed by atoms with Crippen LogP contribution < -0.4 is 0 Å². The van der Waals surface area contributed by atoms with Gasteiger partial charge in [-0.25, -0.2) is 0 Å². The number of benzene rings is 2. The molecule has 0 N–H and O–H groups in total. The van der Waals surface area contributed by atoms with Gasteiger partial charge in [0.25, 0.3) is 0 Å². The first kappa shape index (κ1) is 15.9. The maximum Gasteiger partial charge on any atom is 0.0205 e. The van der Waals surface area contributed by atoms with Crippen molar-refractivity contribution < 1.29 is 0 Å². The van der Waals surface area contributed by atoms with Crippen LogP contribution >= 0.6 is 45.2 Å². The van der Waals surface area contributed by atoms with Crippen LogP contribution in [0.2, 0.25) is 0 Å². The summed E-state index contributed by atoms with van der Waals surface area (Å²) < 4.78 is 2.74. The van der Waals surface area contributed by atoms with Crippen LogP contribution in [0, 0.1) is 7.14 Å². The van der Waals surface area contributed by atoms with Gasteiger partial charge in [-0.15, -0.1) is 0 Å². The first-order chi connectivity index (χ1) is 11.1. The lowest BCUT2D eigenvalue weighted by molar-refractivity contribution is 0.642. The SMILES string of the molecule is CC1=Cc2c(I)cccc2C1CC1C(C)=Cc2c(I)cccc21. The second-order valence-corrected chi connectivity index (χ2v) is 8.93. The van der Waals surface area contributed by atoms with E-state index in [9.17, 15) is 0 Å². The Kier molecular flexibility index (Phi) is 4.16. The van der Waals surface area contributed by atoms with Gasteiger partial charge in [0.15, 0.2) is 0 Å². The maximum atomic E-state index is 2.46. The van der Waals surface area contributed by atoms with E-state index in [0.717, 1.165) is 0 Å². The Balaban J connectivity index is 1.72. The largest absolute Gasteiger partial charge is 0.0651 e. The van der Waals surface area contributed by atoms with Crippen molar-refractivity contribution in [1.29, 1.82) is 0 Å². The molecule has 0 saturated heterocycles. The molecule has 4 rings (SSSR count). The highest BCUT2D eigenvalue weighted by Gasteiger charge is 2.31. The number of halogens is 2. The fourth-order valence-electron chi connectivity index (χ4n) is 4.03. The molecule has 2 aromatic rings. The Morgan fingerprint density at radius 2 is 1.17 bits per heavy atom. The summed E-state index contributed by atoms with van der Waals surface area (Å²) in [5.41, 5.74) is 8.94. The third kappa shape index (κ3) is 2.62. The quantitative estimate of drug-likeness (QED) is 0.372. The van der Waals surface area contributed by atoms with Gasteiger partial charge in [0.05, 0.1) is 0 Å². The predicted molar refractivity (Wildman–Crippen MR) is 116 cm³/mol. The number of allylic oxidation sites excluding steroid dienone is 2. The summed E-state index contributed by atoms with van der Waals surface area (Å²) in [7, 11) is 0. The van der Waals surface area contributed by atoms with E-state index in [1.165, 1.54) is 47.0 Å². The fraction of sp³-hybridized carbons (Fsp3) is 0.238. The van der Waals surface area contributed by atoms with E-state index < -0.39 is 0 Å². The lowest BCUT2D eigenvalue weighted by atomic mass is 9.82. The smallest absolute Gasteiger partial charge is 0.0205 e. The third-order valence-corrected chi connectivity index (χ3v) is 7.12. The van der Waals surface area contributed by atoms with Gasteiger partial charge < -0.3 is 0 Å². The summed E-state index contributed by atoms with van der Waals surface area (Å²) in [6.45, 7) is 4.59. The van der Waals surface area contributed by atoms with Gasteiger partial charge in [-0.3, -0.25) is 0 Å². The van der Waals surface area contributed by atoms with Gasteiger partial charge in [-0.2, -0.15) is 0 Å². The zero-order valence-electron chi connectivity index (χ0n) is 13.2. The van der Waals surface area contributed by atoms with Crippen molar-refractivity contribution in [2.75, 3.05) is 0 Å². The molecule has 2 aliphatic rings. The highest BCUT2D eigenvalue weighted by molar-refractivity contribution is 14.1. The summed E-state index contributed by atoms with van der Waals surface area (Å²) in [5, 5.41) is 0. The molecule has 0 bridgehead atoms. The van der Waals surface area contributed by atoms with Gasteiger partial charge in [-0.05, 0) is 99.8 Å². The molecular weight excluding hydrogens is 506 g/mol. The highest BCUT2D eigenvalue weighted by atomic mass is 127. The first-order valence-electron chi connectivity index (χ1n) is 7.99. The van der Waals surface area contributed by atoms with E-state index in [0.29, 0.717) is 11.8 Å². The molecular formula is C21H18I2. The van der Waals surface area contributed by atoms with Crippen LogP contribution in [0.1, 0.15) is 54.4 Å². The minimum atomic E-state index is 0.553. The average Bonchev–Trinajstić information content (AvgIpc) is 3.01. The number of hydrogen-bond acceptors (Lipinski definition) is 0. The average molecular weight is 524 g/mol. The lowest BCUT2D eigenvalue weighted by Crippen LogP contribution is -2.06. The summed E-state index contributed by atoms with van der Waals surface area (Å²) in [6.07, 6.45) is 5.97. The molecule has 0 saturated carbocycles. The predicted octanol–water partition coefficient (Wildman–Crippen LogP) is 6.99. The second kappa shape index (κ2) is 6.03. The molecule has 116 valence electrons. The summed E-state index contributed by atoms with van der Waals surface area (Å²) in [5.74, 6) is 1.11. The van der Waals surface area contributed by atoms with E-state index in [1.807, 2.05) is 0 Å². The summed E-state index contributed by atoms with van der Waals surface area (Å²) in [4.78, 5) is 0. The zero-order chi connectivity index (χ0) is 16.1. The molecule has 0 amide bonds. The molecule has 0 aromatic heterocycles. The molecule has 0 heterocycles.